The van der Waals surface area contributed by atoms with E-state index in [-0.39, 0.29) is 17.1 Å². The molecule has 5 heteroatoms. The van der Waals surface area contributed by atoms with E-state index in [0.29, 0.717) is 9.39 Å². The van der Waals surface area contributed by atoms with Crippen molar-refractivity contribution in [1.82, 2.24) is 9.97 Å². The highest BCUT2D eigenvalue weighted by Crippen LogP contribution is 2.33. The van der Waals surface area contributed by atoms with Crippen LogP contribution < -0.4 is 5.56 Å². The zero-order valence-corrected chi connectivity index (χ0v) is 12.4. The van der Waals surface area contributed by atoms with Crippen LogP contribution in [0.25, 0.3) is 0 Å². The SMILES string of the molecule is COC(c1nc(C)c(I)c(=O)[nH]1)C(C)(C)C. The molecule has 1 rings (SSSR count). The Labute approximate surface area is 109 Å². The van der Waals surface area contributed by atoms with Crippen LogP contribution >= 0.6 is 22.6 Å². The summed E-state index contributed by atoms with van der Waals surface area (Å²) in [6, 6.07) is 0. The predicted molar refractivity (Wildman–Crippen MR) is 71.5 cm³/mol. The molecular weight excluding hydrogens is 319 g/mol. The number of hydrogen-bond donors (Lipinski definition) is 1. The van der Waals surface area contributed by atoms with Gasteiger partial charge in [-0.25, -0.2) is 4.98 Å². The Hall–Kier alpha value is -0.430. The highest BCUT2D eigenvalue weighted by molar-refractivity contribution is 14.1. The van der Waals surface area contributed by atoms with E-state index in [4.69, 9.17) is 4.74 Å². The number of aromatic nitrogens is 2. The van der Waals surface area contributed by atoms with E-state index >= 15 is 0 Å². The van der Waals surface area contributed by atoms with Gasteiger partial charge in [-0.2, -0.15) is 0 Å². The van der Waals surface area contributed by atoms with Crippen molar-refractivity contribution >= 4 is 22.6 Å². The van der Waals surface area contributed by atoms with Crippen LogP contribution in [0.3, 0.4) is 0 Å². The minimum Gasteiger partial charge on any atom is -0.373 e. The third-order valence-corrected chi connectivity index (χ3v) is 3.59. The smallest absolute Gasteiger partial charge is 0.264 e. The Morgan fingerprint density at radius 3 is 2.38 bits per heavy atom. The van der Waals surface area contributed by atoms with Gasteiger partial charge in [0.1, 0.15) is 11.9 Å². The second-order valence-electron chi connectivity index (χ2n) is 4.83. The second kappa shape index (κ2) is 4.83. The van der Waals surface area contributed by atoms with Crippen LogP contribution in [-0.4, -0.2) is 17.1 Å². The summed E-state index contributed by atoms with van der Waals surface area (Å²) in [7, 11) is 1.63. The molecular formula is C11H17IN2O2. The lowest BCUT2D eigenvalue weighted by molar-refractivity contribution is 0.00833. The summed E-state index contributed by atoms with van der Waals surface area (Å²) in [5.41, 5.74) is 0.532. The Balaban J connectivity index is 3.28. The Morgan fingerprint density at radius 2 is 2.00 bits per heavy atom. The third-order valence-electron chi connectivity index (χ3n) is 2.32. The van der Waals surface area contributed by atoms with Crippen LogP contribution in [-0.2, 0) is 4.74 Å². The van der Waals surface area contributed by atoms with Gasteiger partial charge in [0.25, 0.3) is 5.56 Å². The molecule has 0 saturated heterocycles. The molecule has 1 unspecified atom stereocenters. The highest BCUT2D eigenvalue weighted by Gasteiger charge is 2.28. The molecule has 0 aliphatic rings. The van der Waals surface area contributed by atoms with Gasteiger partial charge in [-0.15, -0.1) is 0 Å². The van der Waals surface area contributed by atoms with Gasteiger partial charge < -0.3 is 9.72 Å². The number of methoxy groups -OCH3 is 1. The van der Waals surface area contributed by atoms with E-state index in [2.05, 4.69) is 30.7 Å². The molecule has 0 radical (unpaired) electrons. The molecule has 16 heavy (non-hydrogen) atoms. The number of aromatic amines is 1. The third kappa shape index (κ3) is 2.82. The standard InChI is InChI=1S/C11H17IN2O2/c1-6-7(12)10(15)14-9(13-6)8(16-5)11(2,3)4/h8H,1-5H3,(H,13,14,15). The van der Waals surface area contributed by atoms with Gasteiger partial charge in [-0.1, -0.05) is 20.8 Å². The van der Waals surface area contributed by atoms with Crippen molar-refractivity contribution in [3.05, 3.63) is 25.4 Å². The largest absolute Gasteiger partial charge is 0.373 e. The fourth-order valence-electron chi connectivity index (χ4n) is 1.59. The number of nitrogens with one attached hydrogen (secondary N) is 1. The first-order valence-corrected chi connectivity index (χ1v) is 6.14. The summed E-state index contributed by atoms with van der Waals surface area (Å²) in [5, 5.41) is 0. The van der Waals surface area contributed by atoms with Gasteiger partial charge in [0.2, 0.25) is 0 Å². The molecule has 1 heterocycles. The molecule has 0 aliphatic carbocycles. The molecule has 1 N–H and O–H groups in total. The topological polar surface area (TPSA) is 55.0 Å². The molecule has 0 spiro atoms. The molecule has 0 aromatic carbocycles. The van der Waals surface area contributed by atoms with Crippen molar-refractivity contribution in [2.45, 2.75) is 33.8 Å². The van der Waals surface area contributed by atoms with Crippen LogP contribution in [0.5, 0.6) is 0 Å². The number of nitrogens with zero attached hydrogens (tertiary/aromatic N) is 1. The fraction of sp³-hybridized carbons (Fsp3) is 0.636. The van der Waals surface area contributed by atoms with Gasteiger partial charge in [0, 0.05) is 7.11 Å². The van der Waals surface area contributed by atoms with Crippen molar-refractivity contribution in [2.75, 3.05) is 7.11 Å². The van der Waals surface area contributed by atoms with Gasteiger partial charge >= 0.3 is 0 Å². The average Bonchev–Trinajstić information content (AvgIpc) is 2.12. The first kappa shape index (κ1) is 13.6. The van der Waals surface area contributed by atoms with Crippen molar-refractivity contribution in [3.8, 4) is 0 Å². The number of ether oxygens (including phenoxy) is 1. The molecule has 90 valence electrons. The molecule has 0 amide bonds. The molecule has 1 aromatic rings. The van der Waals surface area contributed by atoms with Gasteiger partial charge in [-0.05, 0) is 34.9 Å². The number of H-pyrrole nitrogens is 1. The minimum atomic E-state index is -0.212. The van der Waals surface area contributed by atoms with Crippen LogP contribution in [0.15, 0.2) is 4.79 Å². The lowest BCUT2D eigenvalue weighted by atomic mass is 9.88. The molecule has 0 bridgehead atoms. The number of halogens is 1. The fourth-order valence-corrected chi connectivity index (χ4v) is 1.85. The maximum atomic E-state index is 11.6. The second-order valence-corrected chi connectivity index (χ2v) is 5.91. The molecule has 1 atom stereocenters. The molecule has 0 aliphatic heterocycles. The van der Waals surface area contributed by atoms with Crippen molar-refractivity contribution < 1.29 is 4.74 Å². The van der Waals surface area contributed by atoms with E-state index in [9.17, 15) is 4.79 Å². The number of aryl methyl sites for hydroxylation is 1. The van der Waals surface area contributed by atoms with Crippen LogP contribution in [0, 0.1) is 15.9 Å². The summed E-state index contributed by atoms with van der Waals surface area (Å²) >= 11 is 1.99. The Morgan fingerprint density at radius 1 is 1.44 bits per heavy atom. The molecule has 1 aromatic heterocycles. The highest BCUT2D eigenvalue weighted by atomic mass is 127. The van der Waals surface area contributed by atoms with Crippen LogP contribution in [0.1, 0.15) is 38.4 Å². The minimum absolute atomic E-state index is 0.102. The lowest BCUT2D eigenvalue weighted by Gasteiger charge is -2.28. The Kier molecular flexibility index (Phi) is 4.12. The molecule has 0 saturated carbocycles. The molecule has 4 nitrogen and oxygen atoms in total. The normalized spacial score (nSPS) is 13.9. The summed E-state index contributed by atoms with van der Waals surface area (Å²) in [5.74, 6) is 0.595. The van der Waals surface area contributed by atoms with E-state index < -0.39 is 0 Å². The predicted octanol–water partition coefficient (Wildman–Crippen LogP) is 2.42. The summed E-state index contributed by atoms with van der Waals surface area (Å²) in [4.78, 5) is 18.8. The van der Waals surface area contributed by atoms with Crippen LogP contribution in [0.4, 0.5) is 0 Å². The van der Waals surface area contributed by atoms with Crippen molar-refractivity contribution in [1.29, 1.82) is 0 Å². The Bertz CT molecular complexity index is 435. The quantitative estimate of drug-likeness (QED) is 0.844. The van der Waals surface area contributed by atoms with Gasteiger partial charge in [0.05, 0.1) is 9.26 Å². The van der Waals surface area contributed by atoms with E-state index in [0.717, 1.165) is 5.69 Å². The van der Waals surface area contributed by atoms with E-state index in [1.54, 1.807) is 7.11 Å². The first-order chi connectivity index (χ1) is 7.27. The summed E-state index contributed by atoms with van der Waals surface area (Å²) in [6.45, 7) is 7.98. The number of hydrogen-bond acceptors (Lipinski definition) is 3. The molecule has 0 fully saturated rings. The zero-order valence-electron chi connectivity index (χ0n) is 10.2. The average molecular weight is 336 g/mol. The first-order valence-electron chi connectivity index (χ1n) is 5.06. The summed E-state index contributed by atoms with van der Waals surface area (Å²) in [6.07, 6.45) is -0.212. The number of rotatable bonds is 2. The van der Waals surface area contributed by atoms with Gasteiger partial charge in [0.15, 0.2) is 0 Å². The van der Waals surface area contributed by atoms with Crippen LogP contribution in [0.2, 0.25) is 0 Å². The zero-order chi connectivity index (χ0) is 12.5. The monoisotopic (exact) mass is 336 g/mol. The maximum absolute atomic E-state index is 11.6. The van der Waals surface area contributed by atoms with E-state index in [1.807, 2.05) is 29.5 Å². The van der Waals surface area contributed by atoms with E-state index in [1.165, 1.54) is 0 Å². The maximum Gasteiger partial charge on any atom is 0.264 e. The summed E-state index contributed by atoms with van der Waals surface area (Å²) < 4.78 is 6.05. The lowest BCUT2D eigenvalue weighted by Crippen LogP contribution is -2.26. The van der Waals surface area contributed by atoms with Gasteiger partial charge in [-0.3, -0.25) is 4.79 Å². The van der Waals surface area contributed by atoms with Crippen molar-refractivity contribution in [2.24, 2.45) is 5.41 Å². The van der Waals surface area contributed by atoms with Crippen molar-refractivity contribution in [3.63, 3.8) is 0 Å².